The van der Waals surface area contributed by atoms with Crippen LogP contribution < -0.4 is 5.32 Å². The van der Waals surface area contributed by atoms with Crippen LogP contribution in [0.3, 0.4) is 0 Å². The number of anilines is 1. The van der Waals surface area contributed by atoms with Gasteiger partial charge in [-0.05, 0) is 49.1 Å². The van der Waals surface area contributed by atoms with Gasteiger partial charge < -0.3 is 5.32 Å². The van der Waals surface area contributed by atoms with E-state index in [4.69, 9.17) is 0 Å². The molecule has 0 bridgehead atoms. The minimum absolute atomic E-state index is 0.0703. The number of amides is 1. The van der Waals surface area contributed by atoms with Gasteiger partial charge in [0.15, 0.2) is 0 Å². The van der Waals surface area contributed by atoms with Crippen LogP contribution in [0.4, 0.5) is 10.1 Å². The van der Waals surface area contributed by atoms with Crippen molar-refractivity contribution in [3.8, 4) is 0 Å². The molecule has 2 rings (SSSR count). The van der Waals surface area contributed by atoms with Gasteiger partial charge in [-0.2, -0.15) is 0 Å². The Bertz CT molecular complexity index is 649. The predicted octanol–water partition coefficient (Wildman–Crippen LogP) is 4.26. The number of benzene rings is 2. The monoisotopic (exact) mass is 271 g/mol. The van der Waals surface area contributed by atoms with Crippen molar-refractivity contribution in [1.82, 2.24) is 0 Å². The van der Waals surface area contributed by atoms with Crippen molar-refractivity contribution in [2.24, 2.45) is 0 Å². The van der Waals surface area contributed by atoms with Crippen molar-refractivity contribution in [2.75, 3.05) is 5.32 Å². The summed E-state index contributed by atoms with van der Waals surface area (Å²) in [5, 5.41) is 2.83. The van der Waals surface area contributed by atoms with Gasteiger partial charge in [0.05, 0.1) is 5.56 Å². The first-order valence-corrected chi connectivity index (χ1v) is 6.69. The van der Waals surface area contributed by atoms with E-state index in [1.807, 2.05) is 32.0 Å². The Morgan fingerprint density at radius 1 is 1.20 bits per heavy atom. The first-order valence-electron chi connectivity index (χ1n) is 6.69. The van der Waals surface area contributed by atoms with Gasteiger partial charge >= 0.3 is 0 Å². The Morgan fingerprint density at radius 3 is 2.60 bits per heavy atom. The summed E-state index contributed by atoms with van der Waals surface area (Å²) < 4.78 is 13.8. The Morgan fingerprint density at radius 2 is 1.95 bits per heavy atom. The van der Waals surface area contributed by atoms with Gasteiger partial charge in [0.1, 0.15) is 5.82 Å². The number of carbonyl (C=O) groups excluding carboxylic acids is 1. The quantitative estimate of drug-likeness (QED) is 0.888. The maximum absolute atomic E-state index is 13.8. The number of halogens is 1. The third-order valence-corrected chi connectivity index (χ3v) is 3.35. The molecule has 2 aromatic rings. The molecule has 104 valence electrons. The van der Waals surface area contributed by atoms with Crippen molar-refractivity contribution in [3.63, 3.8) is 0 Å². The Hall–Kier alpha value is -2.16. The molecule has 0 saturated heterocycles. The van der Waals surface area contributed by atoms with E-state index in [0.29, 0.717) is 0 Å². The molecular formula is C17H18FNO. The number of carbonyl (C=O) groups is 1. The van der Waals surface area contributed by atoms with Crippen LogP contribution in [0.15, 0.2) is 36.4 Å². The fourth-order valence-corrected chi connectivity index (χ4v) is 2.19. The number of nitrogens with one attached hydrogen (secondary N) is 1. The molecule has 0 fully saturated rings. The van der Waals surface area contributed by atoms with Crippen LogP contribution in [-0.4, -0.2) is 5.91 Å². The maximum Gasteiger partial charge on any atom is 0.258 e. The lowest BCUT2D eigenvalue weighted by Crippen LogP contribution is -2.16. The number of rotatable bonds is 3. The number of para-hydroxylation sites is 1. The first-order chi connectivity index (χ1) is 9.52. The first kappa shape index (κ1) is 14.3. The standard InChI is InChI=1S/C17H18FNO/c1-4-13-7-5-6-12(3)16(13)19-17(20)14-9-8-11(2)10-15(14)18/h5-10H,4H2,1-3H3,(H,19,20). The van der Waals surface area contributed by atoms with E-state index >= 15 is 0 Å². The summed E-state index contributed by atoms with van der Waals surface area (Å²) in [5.41, 5.74) is 3.67. The Balaban J connectivity index is 2.33. The maximum atomic E-state index is 13.8. The summed E-state index contributed by atoms with van der Waals surface area (Å²) in [6.07, 6.45) is 0.813. The van der Waals surface area contributed by atoms with Crippen LogP contribution >= 0.6 is 0 Å². The summed E-state index contributed by atoms with van der Waals surface area (Å²) in [5.74, 6) is -0.902. The summed E-state index contributed by atoms with van der Waals surface area (Å²) in [4.78, 5) is 12.2. The summed E-state index contributed by atoms with van der Waals surface area (Å²) in [7, 11) is 0. The lowest BCUT2D eigenvalue weighted by Gasteiger charge is -2.13. The van der Waals surface area contributed by atoms with Gasteiger partial charge in [-0.1, -0.05) is 31.2 Å². The van der Waals surface area contributed by atoms with Crippen LogP contribution in [0.5, 0.6) is 0 Å². The van der Waals surface area contributed by atoms with E-state index < -0.39 is 11.7 Å². The highest BCUT2D eigenvalue weighted by molar-refractivity contribution is 6.05. The second-order valence-corrected chi connectivity index (χ2v) is 4.90. The van der Waals surface area contributed by atoms with Crippen molar-refractivity contribution < 1.29 is 9.18 Å². The third kappa shape index (κ3) is 2.87. The predicted molar refractivity (Wildman–Crippen MR) is 79.6 cm³/mol. The van der Waals surface area contributed by atoms with Gasteiger partial charge in [-0.3, -0.25) is 4.79 Å². The SMILES string of the molecule is CCc1cccc(C)c1NC(=O)c1ccc(C)cc1F. The molecule has 0 aliphatic carbocycles. The average molecular weight is 271 g/mol. The van der Waals surface area contributed by atoms with E-state index in [9.17, 15) is 9.18 Å². The van der Waals surface area contributed by atoms with E-state index in [0.717, 1.165) is 28.8 Å². The van der Waals surface area contributed by atoms with Crippen LogP contribution in [0.25, 0.3) is 0 Å². The molecule has 20 heavy (non-hydrogen) atoms. The van der Waals surface area contributed by atoms with Crippen molar-refractivity contribution in [3.05, 3.63) is 64.5 Å². The lowest BCUT2D eigenvalue weighted by molar-refractivity contribution is 0.102. The van der Waals surface area contributed by atoms with E-state index in [-0.39, 0.29) is 5.56 Å². The second-order valence-electron chi connectivity index (χ2n) is 4.90. The molecule has 2 nitrogen and oxygen atoms in total. The molecule has 0 aliphatic rings. The highest BCUT2D eigenvalue weighted by atomic mass is 19.1. The average Bonchev–Trinajstić information content (AvgIpc) is 2.40. The number of aryl methyl sites for hydroxylation is 3. The van der Waals surface area contributed by atoms with Crippen LogP contribution in [-0.2, 0) is 6.42 Å². The fraction of sp³-hybridized carbons (Fsp3) is 0.235. The minimum Gasteiger partial charge on any atom is -0.321 e. The molecule has 1 amide bonds. The molecule has 0 atom stereocenters. The number of hydrogen-bond donors (Lipinski definition) is 1. The molecule has 1 N–H and O–H groups in total. The lowest BCUT2D eigenvalue weighted by atomic mass is 10.0. The summed E-state index contributed by atoms with van der Waals surface area (Å²) in [6, 6.07) is 10.5. The van der Waals surface area contributed by atoms with Crippen molar-refractivity contribution >= 4 is 11.6 Å². The van der Waals surface area contributed by atoms with Gasteiger partial charge in [-0.15, -0.1) is 0 Å². The molecule has 3 heteroatoms. The molecule has 0 heterocycles. The third-order valence-electron chi connectivity index (χ3n) is 3.35. The largest absolute Gasteiger partial charge is 0.321 e. The minimum atomic E-state index is -0.492. The molecule has 0 aromatic heterocycles. The molecule has 0 unspecified atom stereocenters. The zero-order chi connectivity index (χ0) is 14.7. The highest BCUT2D eigenvalue weighted by Crippen LogP contribution is 2.22. The summed E-state index contributed by atoms with van der Waals surface area (Å²) >= 11 is 0. The molecule has 0 radical (unpaired) electrons. The van der Waals surface area contributed by atoms with Crippen LogP contribution in [0.1, 0.15) is 34.0 Å². The molecule has 0 aliphatic heterocycles. The summed E-state index contributed by atoms with van der Waals surface area (Å²) in [6.45, 7) is 5.75. The van der Waals surface area contributed by atoms with Gasteiger partial charge in [0.25, 0.3) is 5.91 Å². The molecule has 0 saturated carbocycles. The Labute approximate surface area is 118 Å². The van der Waals surface area contributed by atoms with E-state index in [2.05, 4.69) is 5.32 Å². The van der Waals surface area contributed by atoms with E-state index in [1.54, 1.807) is 13.0 Å². The highest BCUT2D eigenvalue weighted by Gasteiger charge is 2.14. The zero-order valence-corrected chi connectivity index (χ0v) is 12.0. The number of hydrogen-bond acceptors (Lipinski definition) is 1. The van der Waals surface area contributed by atoms with Crippen LogP contribution in [0.2, 0.25) is 0 Å². The smallest absolute Gasteiger partial charge is 0.258 e. The van der Waals surface area contributed by atoms with Crippen LogP contribution in [0, 0.1) is 19.7 Å². The topological polar surface area (TPSA) is 29.1 Å². The molecular weight excluding hydrogens is 253 g/mol. The van der Waals surface area contributed by atoms with Gasteiger partial charge in [-0.25, -0.2) is 4.39 Å². The molecule has 0 spiro atoms. The Kier molecular flexibility index (Phi) is 4.18. The fourth-order valence-electron chi connectivity index (χ4n) is 2.19. The van der Waals surface area contributed by atoms with Gasteiger partial charge in [0.2, 0.25) is 0 Å². The second kappa shape index (κ2) is 5.87. The molecule has 2 aromatic carbocycles. The van der Waals surface area contributed by atoms with Crippen molar-refractivity contribution in [2.45, 2.75) is 27.2 Å². The van der Waals surface area contributed by atoms with Crippen molar-refractivity contribution in [1.29, 1.82) is 0 Å². The normalized spacial score (nSPS) is 10.4. The van der Waals surface area contributed by atoms with Gasteiger partial charge in [0, 0.05) is 5.69 Å². The van der Waals surface area contributed by atoms with E-state index in [1.165, 1.54) is 12.1 Å². The zero-order valence-electron chi connectivity index (χ0n) is 12.0.